The molecule has 4 rings (SSSR count). The number of aromatic nitrogens is 2. The van der Waals surface area contributed by atoms with Crippen LogP contribution in [0.15, 0.2) is 53.1 Å². The fourth-order valence-electron chi connectivity index (χ4n) is 4.05. The van der Waals surface area contributed by atoms with E-state index in [1.807, 2.05) is 12.1 Å². The minimum Gasteiger partial charge on any atom is -0.493 e. The summed E-state index contributed by atoms with van der Waals surface area (Å²) in [6, 6.07) is 13.7. The van der Waals surface area contributed by atoms with E-state index in [4.69, 9.17) is 14.0 Å². The number of carbonyl (C=O) groups is 2. The summed E-state index contributed by atoms with van der Waals surface area (Å²) in [5.74, 6) is 1.96. The van der Waals surface area contributed by atoms with Gasteiger partial charge >= 0.3 is 0 Å². The zero-order valence-corrected chi connectivity index (χ0v) is 19.5. The number of amides is 2. The zero-order valence-electron chi connectivity index (χ0n) is 19.5. The number of hydrogen-bond acceptors (Lipinski definition) is 7. The molecule has 1 saturated heterocycles. The molecule has 1 atom stereocenters. The van der Waals surface area contributed by atoms with Gasteiger partial charge in [0.05, 0.1) is 14.2 Å². The summed E-state index contributed by atoms with van der Waals surface area (Å²) in [5, 5.41) is 6.91. The van der Waals surface area contributed by atoms with Crippen molar-refractivity contribution in [3.63, 3.8) is 0 Å². The van der Waals surface area contributed by atoms with Crippen LogP contribution in [0.4, 0.5) is 0 Å². The monoisotopic (exact) mass is 464 g/mol. The van der Waals surface area contributed by atoms with Gasteiger partial charge < -0.3 is 24.2 Å². The maximum atomic E-state index is 12.8. The summed E-state index contributed by atoms with van der Waals surface area (Å²) in [6.07, 6.45) is 1.41. The van der Waals surface area contributed by atoms with Crippen LogP contribution in [0.3, 0.4) is 0 Å². The third-order valence-corrected chi connectivity index (χ3v) is 5.99. The standard InChI is InChI=1S/C25H28N4O5/c1-16(26-23(30)17-7-5-4-6-8-17)25(31)29-13-11-18(12-14-29)24-27-22(28-34-24)19-9-10-20(32-2)21(15-19)33-3/h4-10,15-16,18H,11-14H2,1-3H3,(H,26,30). The summed E-state index contributed by atoms with van der Waals surface area (Å²) in [6.45, 7) is 2.83. The molecular weight excluding hydrogens is 436 g/mol. The van der Waals surface area contributed by atoms with Gasteiger partial charge in [0.25, 0.3) is 5.91 Å². The molecule has 0 bridgehead atoms. The van der Waals surface area contributed by atoms with Crippen molar-refractivity contribution in [3.05, 3.63) is 60.0 Å². The van der Waals surface area contributed by atoms with Crippen molar-refractivity contribution < 1.29 is 23.6 Å². The van der Waals surface area contributed by atoms with Crippen molar-refractivity contribution in [1.29, 1.82) is 0 Å². The minimum absolute atomic E-state index is 0.0691. The third-order valence-electron chi connectivity index (χ3n) is 5.99. The third kappa shape index (κ3) is 5.03. The molecule has 0 saturated carbocycles. The van der Waals surface area contributed by atoms with Crippen LogP contribution in [0.2, 0.25) is 0 Å². The number of carbonyl (C=O) groups excluding carboxylic acids is 2. The highest BCUT2D eigenvalue weighted by Gasteiger charge is 2.30. The molecule has 1 fully saturated rings. The average molecular weight is 465 g/mol. The number of methoxy groups -OCH3 is 2. The molecule has 1 aromatic heterocycles. The van der Waals surface area contributed by atoms with E-state index in [0.29, 0.717) is 54.7 Å². The molecule has 178 valence electrons. The molecule has 9 nitrogen and oxygen atoms in total. The van der Waals surface area contributed by atoms with Crippen molar-refractivity contribution in [2.24, 2.45) is 0 Å². The second-order valence-electron chi connectivity index (χ2n) is 8.19. The maximum absolute atomic E-state index is 12.8. The first-order valence-electron chi connectivity index (χ1n) is 11.2. The second kappa shape index (κ2) is 10.4. The van der Waals surface area contributed by atoms with Crippen LogP contribution in [0.1, 0.15) is 41.9 Å². The minimum atomic E-state index is -0.607. The van der Waals surface area contributed by atoms with Crippen molar-refractivity contribution in [3.8, 4) is 22.9 Å². The molecule has 2 heterocycles. The van der Waals surface area contributed by atoms with E-state index in [1.54, 1.807) is 62.4 Å². The van der Waals surface area contributed by atoms with Crippen LogP contribution in [0.25, 0.3) is 11.4 Å². The molecule has 2 amide bonds. The Balaban J connectivity index is 1.34. The Morgan fingerprint density at radius 2 is 1.76 bits per heavy atom. The summed E-state index contributed by atoms with van der Waals surface area (Å²) in [4.78, 5) is 31.6. The van der Waals surface area contributed by atoms with Crippen molar-refractivity contribution in [1.82, 2.24) is 20.4 Å². The molecule has 0 spiro atoms. The van der Waals surface area contributed by atoms with Gasteiger partial charge in [-0.05, 0) is 50.1 Å². The molecule has 2 aromatic carbocycles. The lowest BCUT2D eigenvalue weighted by molar-refractivity contribution is -0.134. The second-order valence-corrected chi connectivity index (χ2v) is 8.19. The SMILES string of the molecule is COc1ccc(-c2noc(C3CCN(C(=O)C(C)NC(=O)c4ccccc4)CC3)n2)cc1OC. The molecule has 1 aliphatic rings. The lowest BCUT2D eigenvalue weighted by Gasteiger charge is -2.32. The normalized spacial score (nSPS) is 15.0. The number of piperidine rings is 1. The average Bonchev–Trinajstić information content (AvgIpc) is 3.38. The molecule has 0 aliphatic carbocycles. The van der Waals surface area contributed by atoms with Gasteiger partial charge in [-0.1, -0.05) is 23.4 Å². The number of rotatable bonds is 7. The summed E-state index contributed by atoms with van der Waals surface area (Å²) in [7, 11) is 3.16. The number of benzene rings is 2. The number of likely N-dealkylation sites (tertiary alicyclic amines) is 1. The summed E-state index contributed by atoms with van der Waals surface area (Å²) >= 11 is 0. The first-order valence-corrected chi connectivity index (χ1v) is 11.2. The molecule has 9 heteroatoms. The quantitative estimate of drug-likeness (QED) is 0.572. The van der Waals surface area contributed by atoms with Crippen molar-refractivity contribution >= 4 is 11.8 Å². The zero-order chi connectivity index (χ0) is 24.1. The predicted octanol–water partition coefficient (Wildman–Crippen LogP) is 3.28. The predicted molar refractivity (Wildman–Crippen MR) is 125 cm³/mol. The number of ether oxygens (including phenoxy) is 2. The Labute approximate surface area is 198 Å². The smallest absolute Gasteiger partial charge is 0.251 e. The lowest BCUT2D eigenvalue weighted by Crippen LogP contribution is -2.49. The number of nitrogens with zero attached hydrogens (tertiary/aromatic N) is 3. The van der Waals surface area contributed by atoms with E-state index in [-0.39, 0.29) is 17.7 Å². The van der Waals surface area contributed by atoms with Gasteiger partial charge in [-0.3, -0.25) is 9.59 Å². The molecule has 3 aromatic rings. The van der Waals surface area contributed by atoms with Gasteiger partial charge in [-0.2, -0.15) is 4.98 Å². The largest absolute Gasteiger partial charge is 0.493 e. The van der Waals surface area contributed by atoms with Gasteiger partial charge in [-0.15, -0.1) is 0 Å². The van der Waals surface area contributed by atoms with E-state index in [0.717, 1.165) is 5.56 Å². The van der Waals surface area contributed by atoms with E-state index in [2.05, 4.69) is 15.5 Å². The van der Waals surface area contributed by atoms with Gasteiger partial charge in [0, 0.05) is 30.1 Å². The van der Waals surface area contributed by atoms with Crippen LogP contribution < -0.4 is 14.8 Å². The van der Waals surface area contributed by atoms with Crippen LogP contribution in [0.5, 0.6) is 11.5 Å². The Morgan fingerprint density at radius 1 is 1.06 bits per heavy atom. The molecule has 1 unspecified atom stereocenters. The molecular formula is C25H28N4O5. The fourth-order valence-corrected chi connectivity index (χ4v) is 4.05. The molecule has 1 aliphatic heterocycles. The van der Waals surface area contributed by atoms with E-state index in [9.17, 15) is 9.59 Å². The van der Waals surface area contributed by atoms with Crippen LogP contribution in [-0.4, -0.2) is 60.2 Å². The maximum Gasteiger partial charge on any atom is 0.251 e. The van der Waals surface area contributed by atoms with Gasteiger partial charge in [0.15, 0.2) is 11.5 Å². The number of nitrogens with one attached hydrogen (secondary N) is 1. The van der Waals surface area contributed by atoms with Gasteiger partial charge in [-0.25, -0.2) is 0 Å². The van der Waals surface area contributed by atoms with E-state index in [1.165, 1.54) is 0 Å². The van der Waals surface area contributed by atoms with Crippen LogP contribution in [-0.2, 0) is 4.79 Å². The summed E-state index contributed by atoms with van der Waals surface area (Å²) in [5.41, 5.74) is 1.30. The Morgan fingerprint density at radius 3 is 2.44 bits per heavy atom. The van der Waals surface area contributed by atoms with E-state index >= 15 is 0 Å². The van der Waals surface area contributed by atoms with E-state index < -0.39 is 6.04 Å². The highest BCUT2D eigenvalue weighted by molar-refractivity contribution is 5.97. The molecule has 0 radical (unpaired) electrons. The highest BCUT2D eigenvalue weighted by Crippen LogP contribution is 2.33. The first kappa shape index (κ1) is 23.3. The highest BCUT2D eigenvalue weighted by atomic mass is 16.5. The Hall–Kier alpha value is -3.88. The fraction of sp³-hybridized carbons (Fsp3) is 0.360. The van der Waals surface area contributed by atoms with Gasteiger partial charge in [0.1, 0.15) is 6.04 Å². The van der Waals surface area contributed by atoms with Gasteiger partial charge in [0.2, 0.25) is 17.6 Å². The van der Waals surface area contributed by atoms with Crippen LogP contribution >= 0.6 is 0 Å². The van der Waals surface area contributed by atoms with Crippen LogP contribution in [0, 0.1) is 0 Å². The lowest BCUT2D eigenvalue weighted by atomic mass is 9.96. The first-order chi connectivity index (χ1) is 16.5. The Kier molecular flexibility index (Phi) is 7.10. The topological polar surface area (TPSA) is 107 Å². The molecule has 1 N–H and O–H groups in total. The van der Waals surface area contributed by atoms with Crippen molar-refractivity contribution in [2.75, 3.05) is 27.3 Å². The Bertz CT molecular complexity index is 1140. The number of hydrogen-bond donors (Lipinski definition) is 1. The van der Waals surface area contributed by atoms with Crippen molar-refractivity contribution in [2.45, 2.75) is 31.7 Å². The summed E-state index contributed by atoms with van der Waals surface area (Å²) < 4.78 is 16.2. The molecule has 34 heavy (non-hydrogen) atoms.